The van der Waals surface area contributed by atoms with Crippen molar-refractivity contribution >= 4 is 11.6 Å². The maximum absolute atomic E-state index is 12.2. The van der Waals surface area contributed by atoms with Crippen molar-refractivity contribution < 1.29 is 4.79 Å². The van der Waals surface area contributed by atoms with E-state index in [0.717, 1.165) is 19.1 Å². The van der Waals surface area contributed by atoms with Gasteiger partial charge >= 0.3 is 0 Å². The number of hydrogen-bond donors (Lipinski definition) is 2. The molecule has 1 aliphatic rings. The Morgan fingerprint density at radius 2 is 2.20 bits per heavy atom. The van der Waals surface area contributed by atoms with Gasteiger partial charge in [0, 0.05) is 25.7 Å². The number of likely N-dealkylation sites (N-methyl/N-ethyl adjacent to an activating group) is 1. The summed E-state index contributed by atoms with van der Waals surface area (Å²) in [6.07, 6.45) is 2.58. The van der Waals surface area contributed by atoms with Crippen LogP contribution in [-0.4, -0.2) is 46.3 Å². The summed E-state index contributed by atoms with van der Waals surface area (Å²) >= 11 is 0. The minimum atomic E-state index is -0.128. The highest BCUT2D eigenvalue weighted by Gasteiger charge is 2.27. The standard InChI is InChI=1S/C14H25N5O/c1-4-18(11-6-7-11)9-8-16-14(20)13-12(15)10(3)17-19(13)5-2/h11H,4-9,15H2,1-3H3,(H,16,20). The molecule has 0 spiro atoms. The van der Waals surface area contributed by atoms with Crippen LogP contribution in [0.25, 0.3) is 0 Å². The summed E-state index contributed by atoms with van der Waals surface area (Å²) in [6, 6.07) is 0.727. The van der Waals surface area contributed by atoms with Crippen LogP contribution in [0, 0.1) is 6.92 Å². The molecule has 1 fully saturated rings. The molecule has 1 saturated carbocycles. The number of nitrogens with zero attached hydrogens (tertiary/aromatic N) is 3. The molecule has 0 unspecified atom stereocenters. The second-order valence-corrected chi connectivity index (χ2v) is 5.28. The molecule has 0 aromatic carbocycles. The predicted octanol–water partition coefficient (Wildman–Crippen LogP) is 1.01. The van der Waals surface area contributed by atoms with E-state index >= 15 is 0 Å². The second kappa shape index (κ2) is 6.26. The summed E-state index contributed by atoms with van der Waals surface area (Å²) in [4.78, 5) is 14.7. The van der Waals surface area contributed by atoms with Gasteiger partial charge in [-0.3, -0.25) is 14.4 Å². The minimum absolute atomic E-state index is 0.128. The molecule has 3 N–H and O–H groups in total. The number of amides is 1. The zero-order chi connectivity index (χ0) is 14.7. The molecule has 0 saturated heterocycles. The highest BCUT2D eigenvalue weighted by atomic mass is 16.2. The first-order valence-electron chi connectivity index (χ1n) is 7.43. The third-order valence-electron chi connectivity index (χ3n) is 3.84. The summed E-state index contributed by atoms with van der Waals surface area (Å²) in [5, 5.41) is 7.22. The molecule has 2 rings (SSSR count). The Kier molecular flexibility index (Phi) is 4.65. The van der Waals surface area contributed by atoms with Gasteiger partial charge in [-0.1, -0.05) is 6.92 Å². The Balaban J connectivity index is 1.91. The Morgan fingerprint density at radius 3 is 2.75 bits per heavy atom. The first kappa shape index (κ1) is 14.8. The smallest absolute Gasteiger partial charge is 0.271 e. The first-order chi connectivity index (χ1) is 9.58. The Morgan fingerprint density at radius 1 is 1.50 bits per heavy atom. The fraction of sp³-hybridized carbons (Fsp3) is 0.714. The molecule has 1 heterocycles. The largest absolute Gasteiger partial charge is 0.395 e. The second-order valence-electron chi connectivity index (χ2n) is 5.28. The van der Waals surface area contributed by atoms with Gasteiger partial charge in [0.2, 0.25) is 0 Å². The fourth-order valence-corrected chi connectivity index (χ4v) is 2.50. The van der Waals surface area contributed by atoms with E-state index in [2.05, 4.69) is 22.2 Å². The Bertz CT molecular complexity index is 478. The van der Waals surface area contributed by atoms with Crippen molar-refractivity contribution in [2.45, 2.75) is 46.2 Å². The minimum Gasteiger partial charge on any atom is -0.395 e. The summed E-state index contributed by atoms with van der Waals surface area (Å²) in [5.41, 5.74) is 7.63. The van der Waals surface area contributed by atoms with Gasteiger partial charge in [0.05, 0.1) is 11.4 Å². The van der Waals surface area contributed by atoms with Gasteiger partial charge in [-0.05, 0) is 33.2 Å². The van der Waals surface area contributed by atoms with E-state index in [1.54, 1.807) is 4.68 Å². The normalized spacial score (nSPS) is 14.8. The van der Waals surface area contributed by atoms with Crippen LogP contribution >= 0.6 is 0 Å². The van der Waals surface area contributed by atoms with Crippen LogP contribution in [0.2, 0.25) is 0 Å². The Hall–Kier alpha value is -1.56. The first-order valence-corrected chi connectivity index (χ1v) is 7.43. The third kappa shape index (κ3) is 3.12. The molecular formula is C14H25N5O. The zero-order valence-electron chi connectivity index (χ0n) is 12.6. The molecular weight excluding hydrogens is 254 g/mol. The van der Waals surface area contributed by atoms with Crippen molar-refractivity contribution in [3.05, 3.63) is 11.4 Å². The van der Waals surface area contributed by atoms with Crippen molar-refractivity contribution in [3.8, 4) is 0 Å². The number of carbonyl (C=O) groups is 1. The summed E-state index contributed by atoms with van der Waals surface area (Å²) < 4.78 is 1.67. The van der Waals surface area contributed by atoms with Crippen LogP contribution in [0.15, 0.2) is 0 Å². The quantitative estimate of drug-likeness (QED) is 0.781. The number of aromatic nitrogens is 2. The zero-order valence-corrected chi connectivity index (χ0v) is 12.6. The summed E-state index contributed by atoms with van der Waals surface area (Å²) in [5.74, 6) is -0.128. The molecule has 112 valence electrons. The molecule has 1 aromatic heterocycles. The fourth-order valence-electron chi connectivity index (χ4n) is 2.50. The van der Waals surface area contributed by atoms with Crippen molar-refractivity contribution in [2.75, 3.05) is 25.4 Å². The van der Waals surface area contributed by atoms with Gasteiger partial charge in [-0.2, -0.15) is 5.10 Å². The van der Waals surface area contributed by atoms with Gasteiger partial charge in [-0.25, -0.2) is 0 Å². The van der Waals surface area contributed by atoms with E-state index in [0.29, 0.717) is 30.2 Å². The van der Waals surface area contributed by atoms with E-state index in [1.807, 2.05) is 13.8 Å². The number of nitrogens with one attached hydrogen (secondary N) is 1. The third-order valence-corrected chi connectivity index (χ3v) is 3.84. The summed E-state index contributed by atoms with van der Waals surface area (Å²) in [6.45, 7) is 9.16. The molecule has 1 amide bonds. The molecule has 1 aromatic rings. The maximum Gasteiger partial charge on any atom is 0.271 e. The van der Waals surface area contributed by atoms with Crippen LogP contribution in [0.4, 0.5) is 5.69 Å². The predicted molar refractivity (Wildman–Crippen MR) is 79.7 cm³/mol. The number of aryl methyl sites for hydroxylation is 2. The molecule has 6 heteroatoms. The highest BCUT2D eigenvalue weighted by molar-refractivity contribution is 5.97. The molecule has 1 aliphatic carbocycles. The van der Waals surface area contributed by atoms with Crippen LogP contribution in [0.1, 0.15) is 42.9 Å². The number of rotatable bonds is 7. The average molecular weight is 279 g/mol. The van der Waals surface area contributed by atoms with E-state index in [-0.39, 0.29) is 5.91 Å². The van der Waals surface area contributed by atoms with Gasteiger partial charge < -0.3 is 11.1 Å². The number of hydrogen-bond acceptors (Lipinski definition) is 4. The SMILES string of the molecule is CCN(CCNC(=O)c1c(N)c(C)nn1CC)C1CC1. The lowest BCUT2D eigenvalue weighted by atomic mass is 10.3. The van der Waals surface area contributed by atoms with Gasteiger partial charge in [0.1, 0.15) is 5.69 Å². The topological polar surface area (TPSA) is 76.2 Å². The molecule has 0 atom stereocenters. The summed E-state index contributed by atoms with van der Waals surface area (Å²) in [7, 11) is 0. The molecule has 6 nitrogen and oxygen atoms in total. The lowest BCUT2D eigenvalue weighted by Gasteiger charge is -2.19. The number of nitrogens with two attached hydrogens (primary N) is 1. The van der Waals surface area contributed by atoms with Crippen LogP contribution < -0.4 is 11.1 Å². The van der Waals surface area contributed by atoms with E-state index in [1.165, 1.54) is 12.8 Å². The monoisotopic (exact) mass is 279 g/mol. The van der Waals surface area contributed by atoms with Crippen LogP contribution in [0.5, 0.6) is 0 Å². The van der Waals surface area contributed by atoms with E-state index in [9.17, 15) is 4.79 Å². The van der Waals surface area contributed by atoms with Crippen LogP contribution in [-0.2, 0) is 6.54 Å². The van der Waals surface area contributed by atoms with Crippen molar-refractivity contribution in [3.63, 3.8) is 0 Å². The average Bonchev–Trinajstić information content (AvgIpc) is 3.22. The van der Waals surface area contributed by atoms with Crippen molar-refractivity contribution in [1.82, 2.24) is 20.0 Å². The van der Waals surface area contributed by atoms with Gasteiger partial charge in [-0.15, -0.1) is 0 Å². The Labute approximate surface area is 120 Å². The van der Waals surface area contributed by atoms with Crippen molar-refractivity contribution in [1.29, 1.82) is 0 Å². The molecule has 0 bridgehead atoms. The number of carbonyl (C=O) groups excluding carboxylic acids is 1. The van der Waals surface area contributed by atoms with Crippen molar-refractivity contribution in [2.24, 2.45) is 0 Å². The molecule has 0 aliphatic heterocycles. The highest BCUT2D eigenvalue weighted by Crippen LogP contribution is 2.25. The van der Waals surface area contributed by atoms with Gasteiger partial charge in [0.25, 0.3) is 5.91 Å². The van der Waals surface area contributed by atoms with E-state index < -0.39 is 0 Å². The number of nitrogen functional groups attached to an aromatic ring is 1. The maximum atomic E-state index is 12.2. The van der Waals surface area contributed by atoms with E-state index in [4.69, 9.17) is 5.73 Å². The molecule has 0 radical (unpaired) electrons. The molecule has 20 heavy (non-hydrogen) atoms. The lowest BCUT2D eigenvalue weighted by molar-refractivity contribution is 0.0938. The lowest BCUT2D eigenvalue weighted by Crippen LogP contribution is -2.37. The van der Waals surface area contributed by atoms with Crippen LogP contribution in [0.3, 0.4) is 0 Å². The number of anilines is 1. The van der Waals surface area contributed by atoms with Gasteiger partial charge in [0.15, 0.2) is 0 Å².